The highest BCUT2D eigenvalue weighted by molar-refractivity contribution is 7.86. The summed E-state index contributed by atoms with van der Waals surface area (Å²) in [4.78, 5) is 16.7. The van der Waals surface area contributed by atoms with E-state index in [4.69, 9.17) is 4.18 Å². The van der Waals surface area contributed by atoms with Gasteiger partial charge < -0.3 is 4.90 Å². The lowest BCUT2D eigenvalue weighted by Crippen LogP contribution is -2.41. The number of benzene rings is 1. The van der Waals surface area contributed by atoms with Crippen molar-refractivity contribution in [1.29, 1.82) is 0 Å². The topological polar surface area (TPSA) is 66.9 Å². The van der Waals surface area contributed by atoms with Crippen LogP contribution in [0.4, 0.5) is 0 Å². The number of nitrogens with zero attached hydrogens (tertiary/aromatic N) is 2. The van der Waals surface area contributed by atoms with Crippen molar-refractivity contribution in [2.75, 3.05) is 32.4 Å². The van der Waals surface area contributed by atoms with Crippen molar-refractivity contribution in [2.45, 2.75) is 38.3 Å². The largest absolute Gasteiger partial charge is 0.339 e. The first-order valence-electron chi connectivity index (χ1n) is 9.52. The maximum absolute atomic E-state index is 12.5. The lowest BCUT2D eigenvalue weighted by molar-refractivity contribution is -0.127. The van der Waals surface area contributed by atoms with Gasteiger partial charge in [-0.1, -0.05) is 35.9 Å². The second-order valence-electron chi connectivity index (χ2n) is 7.39. The number of likely N-dealkylation sites (tertiary alicyclic amines) is 2. The minimum atomic E-state index is -3.43. The van der Waals surface area contributed by atoms with Crippen molar-refractivity contribution in [2.24, 2.45) is 0 Å². The number of rotatable bonds is 5. The molecule has 7 heteroatoms. The quantitative estimate of drug-likeness (QED) is 0.568. The first-order chi connectivity index (χ1) is 12.9. The Hall–Kier alpha value is -1.70. The zero-order chi connectivity index (χ0) is 19.3. The van der Waals surface area contributed by atoms with Crippen LogP contribution in [0.5, 0.6) is 0 Å². The standard InChI is InChI=1S/C20H28N2O4S/c1-27(24,25)26-19-9-13-22(14-10-19)20(23)15-17-7-11-21(12-8-17)16-18-5-3-2-4-6-18/h2-6,15,19H,7-14,16H2,1H3. The van der Waals surface area contributed by atoms with E-state index in [1.807, 2.05) is 6.07 Å². The van der Waals surface area contributed by atoms with Gasteiger partial charge >= 0.3 is 0 Å². The molecule has 3 rings (SSSR count). The first-order valence-corrected chi connectivity index (χ1v) is 11.3. The molecule has 2 aliphatic heterocycles. The molecule has 0 N–H and O–H groups in total. The summed E-state index contributed by atoms with van der Waals surface area (Å²) in [5.74, 6) is 0.0410. The molecule has 0 unspecified atom stereocenters. The second kappa shape index (κ2) is 8.99. The summed E-state index contributed by atoms with van der Waals surface area (Å²) in [6, 6.07) is 10.4. The van der Waals surface area contributed by atoms with E-state index in [9.17, 15) is 13.2 Å². The van der Waals surface area contributed by atoms with Gasteiger partial charge in [0.25, 0.3) is 10.1 Å². The summed E-state index contributed by atoms with van der Waals surface area (Å²) in [5, 5.41) is 0. The molecule has 2 saturated heterocycles. The lowest BCUT2D eigenvalue weighted by atomic mass is 10.0. The summed E-state index contributed by atoms with van der Waals surface area (Å²) in [6.07, 6.45) is 5.52. The van der Waals surface area contributed by atoms with E-state index in [1.54, 1.807) is 11.0 Å². The molecule has 6 nitrogen and oxygen atoms in total. The summed E-state index contributed by atoms with van der Waals surface area (Å²) in [5.41, 5.74) is 2.53. The fraction of sp³-hybridized carbons (Fsp3) is 0.550. The summed E-state index contributed by atoms with van der Waals surface area (Å²) in [7, 11) is -3.43. The number of carbonyl (C=O) groups excluding carboxylic acids is 1. The summed E-state index contributed by atoms with van der Waals surface area (Å²) < 4.78 is 27.4. The van der Waals surface area contributed by atoms with Crippen molar-refractivity contribution in [1.82, 2.24) is 9.80 Å². The molecule has 1 aromatic rings. The van der Waals surface area contributed by atoms with Crippen LogP contribution < -0.4 is 0 Å². The molecule has 2 aliphatic rings. The minimum absolute atomic E-state index is 0.0410. The Bertz CT molecular complexity index is 758. The summed E-state index contributed by atoms with van der Waals surface area (Å²) >= 11 is 0. The van der Waals surface area contributed by atoms with Gasteiger partial charge in [0.05, 0.1) is 12.4 Å². The molecule has 2 heterocycles. The van der Waals surface area contributed by atoms with Crippen molar-refractivity contribution in [3.8, 4) is 0 Å². The third kappa shape index (κ3) is 6.45. The van der Waals surface area contributed by atoms with Crippen molar-refractivity contribution in [3.63, 3.8) is 0 Å². The van der Waals surface area contributed by atoms with E-state index < -0.39 is 10.1 Å². The molecule has 0 saturated carbocycles. The molecule has 0 atom stereocenters. The number of hydrogen-bond donors (Lipinski definition) is 0. The van der Waals surface area contributed by atoms with E-state index in [-0.39, 0.29) is 12.0 Å². The lowest BCUT2D eigenvalue weighted by Gasteiger charge is -2.31. The second-order valence-corrected chi connectivity index (χ2v) is 8.99. The zero-order valence-corrected chi connectivity index (χ0v) is 16.7. The van der Waals surface area contributed by atoms with Crippen LogP contribution in [0.3, 0.4) is 0 Å². The first kappa shape index (κ1) is 20.0. The van der Waals surface area contributed by atoms with E-state index in [2.05, 4.69) is 29.2 Å². The van der Waals surface area contributed by atoms with Crippen molar-refractivity contribution >= 4 is 16.0 Å². The smallest absolute Gasteiger partial charge is 0.264 e. The van der Waals surface area contributed by atoms with Crippen molar-refractivity contribution < 1.29 is 17.4 Å². The highest BCUT2D eigenvalue weighted by atomic mass is 32.2. The van der Waals surface area contributed by atoms with Crippen LogP contribution in [0.1, 0.15) is 31.2 Å². The molecule has 1 amide bonds. The predicted molar refractivity (Wildman–Crippen MR) is 105 cm³/mol. The van der Waals surface area contributed by atoms with E-state index >= 15 is 0 Å². The Morgan fingerprint density at radius 1 is 1.11 bits per heavy atom. The monoisotopic (exact) mass is 392 g/mol. The third-order valence-corrected chi connectivity index (χ3v) is 5.76. The highest BCUT2D eigenvalue weighted by Crippen LogP contribution is 2.20. The van der Waals surface area contributed by atoms with Gasteiger partial charge in [-0.3, -0.25) is 13.9 Å². The van der Waals surface area contributed by atoms with E-state index in [0.29, 0.717) is 25.9 Å². The normalized spacial score (nSPS) is 19.9. The minimum Gasteiger partial charge on any atom is -0.339 e. The molecular formula is C20H28N2O4S. The Labute approximate surface area is 161 Å². The Morgan fingerprint density at radius 3 is 2.33 bits per heavy atom. The van der Waals surface area contributed by atoms with E-state index in [1.165, 1.54) is 11.1 Å². The van der Waals surface area contributed by atoms with Gasteiger partial charge in [0.15, 0.2) is 0 Å². The summed E-state index contributed by atoms with van der Waals surface area (Å²) in [6.45, 7) is 3.98. The molecule has 1 aromatic carbocycles. The molecule has 2 fully saturated rings. The van der Waals surface area contributed by atoms with Gasteiger partial charge in [-0.15, -0.1) is 0 Å². The molecular weight excluding hydrogens is 364 g/mol. The predicted octanol–water partition coefficient (Wildman–Crippen LogP) is 2.18. The number of piperidine rings is 2. The molecule has 148 valence electrons. The Kier molecular flexibility index (Phi) is 6.68. The van der Waals surface area contributed by atoms with Crippen LogP contribution in [0.15, 0.2) is 42.0 Å². The Morgan fingerprint density at radius 2 is 1.74 bits per heavy atom. The van der Waals surface area contributed by atoms with Crippen molar-refractivity contribution in [3.05, 3.63) is 47.5 Å². The van der Waals surface area contributed by atoms with Crippen LogP contribution >= 0.6 is 0 Å². The molecule has 0 bridgehead atoms. The molecule has 0 aromatic heterocycles. The van der Waals surface area contributed by atoms with Gasteiger partial charge in [0.2, 0.25) is 5.91 Å². The molecule has 0 aliphatic carbocycles. The Balaban J connectivity index is 1.44. The maximum Gasteiger partial charge on any atom is 0.264 e. The van der Waals surface area contributed by atoms with E-state index in [0.717, 1.165) is 38.7 Å². The average molecular weight is 393 g/mol. The van der Waals surface area contributed by atoms with Crippen LogP contribution in [0.25, 0.3) is 0 Å². The maximum atomic E-state index is 12.5. The van der Waals surface area contributed by atoms with Gasteiger partial charge in [0.1, 0.15) is 0 Å². The van der Waals surface area contributed by atoms with Gasteiger partial charge in [-0.05, 0) is 31.2 Å². The van der Waals surface area contributed by atoms with Crippen LogP contribution in [0, 0.1) is 0 Å². The zero-order valence-electron chi connectivity index (χ0n) is 15.8. The fourth-order valence-corrected chi connectivity index (χ4v) is 4.36. The fourth-order valence-electron chi connectivity index (χ4n) is 3.67. The molecule has 0 radical (unpaired) electrons. The highest BCUT2D eigenvalue weighted by Gasteiger charge is 2.25. The van der Waals surface area contributed by atoms with Gasteiger partial charge in [-0.25, -0.2) is 0 Å². The number of hydrogen-bond acceptors (Lipinski definition) is 5. The van der Waals surface area contributed by atoms with Gasteiger partial charge in [-0.2, -0.15) is 8.42 Å². The molecule has 0 spiro atoms. The average Bonchev–Trinajstić information content (AvgIpc) is 2.63. The van der Waals surface area contributed by atoms with Gasteiger partial charge in [0, 0.05) is 38.8 Å². The van der Waals surface area contributed by atoms with Crippen LogP contribution in [-0.4, -0.2) is 62.7 Å². The third-order valence-electron chi connectivity index (χ3n) is 5.14. The number of amides is 1. The molecule has 27 heavy (non-hydrogen) atoms. The SMILES string of the molecule is CS(=O)(=O)OC1CCN(C(=O)C=C2CCN(Cc3ccccc3)CC2)CC1. The van der Waals surface area contributed by atoms with Crippen LogP contribution in [0.2, 0.25) is 0 Å². The van der Waals surface area contributed by atoms with Crippen LogP contribution in [-0.2, 0) is 25.6 Å². The number of carbonyl (C=O) groups is 1.